The third-order valence-corrected chi connectivity index (χ3v) is 3.67. The van der Waals surface area contributed by atoms with Gasteiger partial charge in [-0.25, -0.2) is 4.79 Å². The molecule has 5 heteroatoms. The monoisotopic (exact) mass is 307 g/mol. The summed E-state index contributed by atoms with van der Waals surface area (Å²) >= 11 is 0. The molecular weight excluding hydrogens is 282 g/mol. The molecule has 0 N–H and O–H groups in total. The predicted molar refractivity (Wildman–Crippen MR) is 86.0 cm³/mol. The molecular formula is C17H25NO4. The first kappa shape index (κ1) is 18.2. The molecule has 0 aliphatic rings. The Morgan fingerprint density at radius 1 is 1.14 bits per heavy atom. The highest BCUT2D eigenvalue weighted by molar-refractivity contribution is 6.01. The SMILES string of the molecule is CCc1cccc(CC)c1N(C(=O)COC)C(C)C(=O)OC. The molecule has 1 amide bonds. The number of carbonyl (C=O) groups is 2. The molecule has 1 rings (SSSR count). The van der Waals surface area contributed by atoms with Crippen molar-refractivity contribution >= 4 is 17.6 Å². The van der Waals surface area contributed by atoms with Crippen LogP contribution in [0, 0.1) is 0 Å². The molecule has 0 aliphatic carbocycles. The lowest BCUT2D eigenvalue weighted by molar-refractivity contribution is -0.143. The Bertz CT molecular complexity index is 505. The highest BCUT2D eigenvalue weighted by Gasteiger charge is 2.30. The number of ether oxygens (including phenoxy) is 2. The Balaban J connectivity index is 3.44. The van der Waals surface area contributed by atoms with Crippen molar-refractivity contribution in [2.24, 2.45) is 0 Å². The number of aryl methyl sites for hydroxylation is 2. The topological polar surface area (TPSA) is 55.8 Å². The van der Waals surface area contributed by atoms with Crippen LogP contribution in [-0.4, -0.2) is 38.7 Å². The molecule has 1 aromatic carbocycles. The maximum absolute atomic E-state index is 12.5. The molecule has 22 heavy (non-hydrogen) atoms. The van der Waals surface area contributed by atoms with Gasteiger partial charge in [-0.1, -0.05) is 32.0 Å². The molecule has 0 aromatic heterocycles. The van der Waals surface area contributed by atoms with Gasteiger partial charge in [-0.2, -0.15) is 0 Å². The molecule has 0 spiro atoms. The number of para-hydroxylation sites is 1. The van der Waals surface area contributed by atoms with Gasteiger partial charge in [0.2, 0.25) is 0 Å². The zero-order valence-corrected chi connectivity index (χ0v) is 14.0. The lowest BCUT2D eigenvalue weighted by Crippen LogP contribution is -2.46. The van der Waals surface area contributed by atoms with Crippen LogP contribution in [0.3, 0.4) is 0 Å². The number of carbonyl (C=O) groups excluding carboxylic acids is 2. The molecule has 5 nitrogen and oxygen atoms in total. The third-order valence-electron chi connectivity index (χ3n) is 3.67. The highest BCUT2D eigenvalue weighted by atomic mass is 16.5. The van der Waals surface area contributed by atoms with Gasteiger partial charge in [0.25, 0.3) is 5.91 Å². The molecule has 0 saturated carbocycles. The summed E-state index contributed by atoms with van der Waals surface area (Å²) in [5, 5.41) is 0. The van der Waals surface area contributed by atoms with Gasteiger partial charge in [0.05, 0.1) is 12.8 Å². The number of methoxy groups -OCH3 is 2. The maximum atomic E-state index is 12.5. The van der Waals surface area contributed by atoms with E-state index in [1.807, 2.05) is 32.0 Å². The van der Waals surface area contributed by atoms with Crippen molar-refractivity contribution in [2.45, 2.75) is 39.7 Å². The minimum Gasteiger partial charge on any atom is -0.467 e. The second kappa shape index (κ2) is 8.54. The molecule has 0 heterocycles. The molecule has 0 aliphatic heterocycles. The van der Waals surface area contributed by atoms with Crippen molar-refractivity contribution in [3.8, 4) is 0 Å². The number of amides is 1. The summed E-state index contributed by atoms with van der Waals surface area (Å²) in [6.45, 7) is 5.65. The quantitative estimate of drug-likeness (QED) is 0.726. The zero-order chi connectivity index (χ0) is 16.7. The van der Waals surface area contributed by atoms with Gasteiger partial charge in [-0.3, -0.25) is 9.69 Å². The van der Waals surface area contributed by atoms with Crippen molar-refractivity contribution in [1.29, 1.82) is 0 Å². The first-order valence-electron chi connectivity index (χ1n) is 7.51. The van der Waals surface area contributed by atoms with Crippen LogP contribution in [-0.2, 0) is 31.9 Å². The van der Waals surface area contributed by atoms with E-state index in [2.05, 4.69) is 0 Å². The second-order valence-corrected chi connectivity index (χ2v) is 5.03. The Morgan fingerprint density at radius 3 is 2.09 bits per heavy atom. The van der Waals surface area contributed by atoms with Crippen molar-refractivity contribution in [2.75, 3.05) is 25.7 Å². The minimum absolute atomic E-state index is 0.0808. The molecule has 1 unspecified atom stereocenters. The molecule has 0 bridgehead atoms. The van der Waals surface area contributed by atoms with E-state index in [1.165, 1.54) is 19.1 Å². The number of esters is 1. The molecule has 1 atom stereocenters. The normalized spacial score (nSPS) is 11.9. The van der Waals surface area contributed by atoms with E-state index in [-0.39, 0.29) is 12.5 Å². The fourth-order valence-electron chi connectivity index (χ4n) is 2.53. The van der Waals surface area contributed by atoms with Crippen molar-refractivity contribution < 1.29 is 19.1 Å². The summed E-state index contributed by atoms with van der Waals surface area (Å²) in [4.78, 5) is 26.0. The number of nitrogens with zero attached hydrogens (tertiary/aromatic N) is 1. The lowest BCUT2D eigenvalue weighted by Gasteiger charge is -2.31. The van der Waals surface area contributed by atoms with Crippen LogP contribution in [0.25, 0.3) is 0 Å². The van der Waals surface area contributed by atoms with E-state index in [4.69, 9.17) is 9.47 Å². The number of benzene rings is 1. The average molecular weight is 307 g/mol. The third kappa shape index (κ3) is 3.85. The Hall–Kier alpha value is -1.88. The van der Waals surface area contributed by atoms with Crippen LogP contribution in [0.15, 0.2) is 18.2 Å². The summed E-state index contributed by atoms with van der Waals surface area (Å²) in [7, 11) is 2.79. The first-order valence-corrected chi connectivity index (χ1v) is 7.51. The van der Waals surface area contributed by atoms with Gasteiger partial charge in [0, 0.05) is 7.11 Å². The summed E-state index contributed by atoms with van der Waals surface area (Å²) in [6.07, 6.45) is 1.54. The lowest BCUT2D eigenvalue weighted by atomic mass is 10.0. The Labute approximate surface area is 132 Å². The van der Waals surface area contributed by atoms with Gasteiger partial charge in [-0.05, 0) is 30.9 Å². The van der Waals surface area contributed by atoms with Crippen LogP contribution in [0.2, 0.25) is 0 Å². The van der Waals surface area contributed by atoms with Gasteiger partial charge in [0.15, 0.2) is 0 Å². The van der Waals surface area contributed by atoms with Crippen molar-refractivity contribution in [3.05, 3.63) is 29.3 Å². The zero-order valence-electron chi connectivity index (χ0n) is 14.0. The number of anilines is 1. The first-order chi connectivity index (χ1) is 10.5. The minimum atomic E-state index is -0.703. The van der Waals surface area contributed by atoms with Gasteiger partial charge < -0.3 is 9.47 Å². The Morgan fingerprint density at radius 2 is 1.68 bits per heavy atom. The van der Waals surface area contributed by atoms with Crippen LogP contribution in [0.5, 0.6) is 0 Å². The van der Waals surface area contributed by atoms with Crippen molar-refractivity contribution in [1.82, 2.24) is 0 Å². The fourth-order valence-corrected chi connectivity index (χ4v) is 2.53. The van der Waals surface area contributed by atoms with Gasteiger partial charge >= 0.3 is 5.97 Å². The molecule has 0 saturated heterocycles. The van der Waals surface area contributed by atoms with E-state index in [9.17, 15) is 9.59 Å². The van der Waals surface area contributed by atoms with E-state index in [0.29, 0.717) is 0 Å². The van der Waals surface area contributed by atoms with Crippen LogP contribution in [0.1, 0.15) is 31.9 Å². The molecule has 0 fully saturated rings. The summed E-state index contributed by atoms with van der Waals surface area (Å²) in [6, 6.07) is 5.23. The van der Waals surface area contributed by atoms with Crippen LogP contribution < -0.4 is 4.90 Å². The second-order valence-electron chi connectivity index (χ2n) is 5.03. The van der Waals surface area contributed by atoms with Crippen LogP contribution in [0.4, 0.5) is 5.69 Å². The number of rotatable bonds is 7. The van der Waals surface area contributed by atoms with E-state index >= 15 is 0 Å². The highest BCUT2D eigenvalue weighted by Crippen LogP contribution is 2.29. The number of hydrogen-bond acceptors (Lipinski definition) is 4. The average Bonchev–Trinajstić information content (AvgIpc) is 2.54. The Kier molecular flexibility index (Phi) is 7.05. The van der Waals surface area contributed by atoms with Gasteiger partial charge in [-0.15, -0.1) is 0 Å². The van der Waals surface area contributed by atoms with E-state index in [0.717, 1.165) is 29.7 Å². The summed E-state index contributed by atoms with van der Waals surface area (Å²) in [5.41, 5.74) is 2.85. The van der Waals surface area contributed by atoms with Crippen molar-refractivity contribution in [3.63, 3.8) is 0 Å². The fraction of sp³-hybridized carbons (Fsp3) is 0.529. The standard InChI is InChI=1S/C17H25NO4/c1-6-13-9-8-10-14(7-2)16(13)18(15(19)11-21-4)12(3)17(20)22-5/h8-10,12H,6-7,11H2,1-5H3. The number of hydrogen-bond donors (Lipinski definition) is 0. The molecule has 0 radical (unpaired) electrons. The summed E-state index contributed by atoms with van der Waals surface area (Å²) < 4.78 is 9.79. The smallest absolute Gasteiger partial charge is 0.328 e. The predicted octanol–water partition coefficient (Wildman–Crippen LogP) is 2.35. The van der Waals surface area contributed by atoms with Crippen LogP contribution >= 0.6 is 0 Å². The maximum Gasteiger partial charge on any atom is 0.328 e. The summed E-state index contributed by atoms with van der Waals surface area (Å²) in [5.74, 6) is -0.701. The van der Waals surface area contributed by atoms with E-state index in [1.54, 1.807) is 6.92 Å². The largest absolute Gasteiger partial charge is 0.467 e. The van der Waals surface area contributed by atoms with Gasteiger partial charge in [0.1, 0.15) is 12.6 Å². The molecule has 1 aromatic rings. The molecule has 122 valence electrons. The van der Waals surface area contributed by atoms with E-state index < -0.39 is 12.0 Å².